The molecule has 0 spiro atoms. The number of aryl methyl sites for hydroxylation is 2. The molecule has 1 unspecified atom stereocenters. The molecule has 0 amide bonds. The van der Waals surface area contributed by atoms with Crippen molar-refractivity contribution in [2.75, 3.05) is 19.6 Å². The molecule has 1 aromatic rings. The Balaban J connectivity index is 1.87. The first kappa shape index (κ1) is 15.5. The van der Waals surface area contributed by atoms with Gasteiger partial charge in [-0.15, -0.1) is 0 Å². The van der Waals surface area contributed by atoms with Crippen molar-refractivity contribution in [1.29, 1.82) is 0 Å². The normalized spacial score (nSPS) is 20.8. The molecule has 2 heterocycles. The standard InChI is InChI=1S/C16H30N4/c1-12-15(13(2)19(6)18-12)11-20-8-7-14(10-20)9-17-16(3,4)5/h14,17H,7-11H2,1-6H3. The Hall–Kier alpha value is -0.870. The van der Waals surface area contributed by atoms with E-state index in [2.05, 4.69) is 49.9 Å². The molecule has 0 saturated carbocycles. The second kappa shape index (κ2) is 5.86. The predicted molar refractivity (Wildman–Crippen MR) is 83.8 cm³/mol. The minimum Gasteiger partial charge on any atom is -0.312 e. The number of likely N-dealkylation sites (tertiary alicyclic amines) is 1. The lowest BCUT2D eigenvalue weighted by Crippen LogP contribution is -2.39. The van der Waals surface area contributed by atoms with Crippen LogP contribution in [-0.4, -0.2) is 39.9 Å². The molecule has 1 aliphatic rings. The van der Waals surface area contributed by atoms with Crippen LogP contribution in [0.3, 0.4) is 0 Å². The van der Waals surface area contributed by atoms with Crippen LogP contribution in [0.2, 0.25) is 0 Å². The molecule has 1 fully saturated rings. The lowest BCUT2D eigenvalue weighted by molar-refractivity contribution is 0.304. The first-order chi connectivity index (χ1) is 9.26. The van der Waals surface area contributed by atoms with Crippen LogP contribution in [-0.2, 0) is 13.6 Å². The zero-order chi connectivity index (χ0) is 14.9. The Morgan fingerprint density at radius 2 is 2.00 bits per heavy atom. The van der Waals surface area contributed by atoms with Gasteiger partial charge < -0.3 is 5.32 Å². The van der Waals surface area contributed by atoms with Gasteiger partial charge in [0, 0.05) is 36.9 Å². The van der Waals surface area contributed by atoms with Gasteiger partial charge in [-0.25, -0.2) is 0 Å². The zero-order valence-electron chi connectivity index (χ0n) is 14.0. The van der Waals surface area contributed by atoms with Gasteiger partial charge in [0.25, 0.3) is 0 Å². The van der Waals surface area contributed by atoms with Crippen molar-refractivity contribution in [3.05, 3.63) is 17.0 Å². The summed E-state index contributed by atoms with van der Waals surface area (Å²) < 4.78 is 2.00. The van der Waals surface area contributed by atoms with E-state index in [9.17, 15) is 0 Å². The van der Waals surface area contributed by atoms with Crippen molar-refractivity contribution in [1.82, 2.24) is 20.0 Å². The molecular formula is C16H30N4. The predicted octanol–water partition coefficient (Wildman–Crippen LogP) is 2.25. The smallest absolute Gasteiger partial charge is 0.0641 e. The maximum atomic E-state index is 4.52. The summed E-state index contributed by atoms with van der Waals surface area (Å²) in [6, 6.07) is 0. The maximum absolute atomic E-state index is 4.52. The third-order valence-corrected chi connectivity index (χ3v) is 4.33. The molecular weight excluding hydrogens is 248 g/mol. The maximum Gasteiger partial charge on any atom is 0.0641 e. The van der Waals surface area contributed by atoms with E-state index in [4.69, 9.17) is 0 Å². The molecule has 1 aliphatic heterocycles. The molecule has 114 valence electrons. The van der Waals surface area contributed by atoms with Gasteiger partial charge in [-0.2, -0.15) is 5.10 Å². The van der Waals surface area contributed by atoms with Gasteiger partial charge in [0.05, 0.1) is 5.69 Å². The summed E-state index contributed by atoms with van der Waals surface area (Å²) in [5, 5.41) is 8.15. The highest BCUT2D eigenvalue weighted by Gasteiger charge is 2.25. The van der Waals surface area contributed by atoms with Crippen molar-refractivity contribution in [2.45, 2.75) is 53.1 Å². The third kappa shape index (κ3) is 3.83. The minimum atomic E-state index is 0.226. The van der Waals surface area contributed by atoms with Crippen molar-refractivity contribution >= 4 is 0 Å². The van der Waals surface area contributed by atoms with Gasteiger partial charge in [-0.05, 0) is 60.0 Å². The molecule has 1 saturated heterocycles. The van der Waals surface area contributed by atoms with E-state index in [-0.39, 0.29) is 5.54 Å². The molecule has 0 aliphatic carbocycles. The van der Waals surface area contributed by atoms with E-state index >= 15 is 0 Å². The number of aromatic nitrogens is 2. The van der Waals surface area contributed by atoms with Gasteiger partial charge in [0.2, 0.25) is 0 Å². The number of hydrogen-bond donors (Lipinski definition) is 1. The van der Waals surface area contributed by atoms with Crippen LogP contribution < -0.4 is 5.32 Å². The monoisotopic (exact) mass is 278 g/mol. The first-order valence-electron chi connectivity index (χ1n) is 7.72. The van der Waals surface area contributed by atoms with Crippen LogP contribution in [0.5, 0.6) is 0 Å². The Bertz CT molecular complexity index is 456. The summed E-state index contributed by atoms with van der Waals surface area (Å²) in [5.74, 6) is 0.784. The van der Waals surface area contributed by atoms with E-state index in [1.54, 1.807) is 0 Å². The van der Waals surface area contributed by atoms with E-state index < -0.39 is 0 Å². The van der Waals surface area contributed by atoms with Gasteiger partial charge in [-0.3, -0.25) is 9.58 Å². The summed E-state index contributed by atoms with van der Waals surface area (Å²) in [6.45, 7) is 15.6. The summed E-state index contributed by atoms with van der Waals surface area (Å²) in [7, 11) is 2.03. The fourth-order valence-electron chi connectivity index (χ4n) is 2.94. The van der Waals surface area contributed by atoms with Crippen LogP contribution in [0, 0.1) is 19.8 Å². The number of hydrogen-bond acceptors (Lipinski definition) is 3. The highest BCUT2D eigenvalue weighted by atomic mass is 15.3. The van der Waals surface area contributed by atoms with E-state index in [1.165, 1.54) is 36.5 Å². The van der Waals surface area contributed by atoms with Crippen LogP contribution in [0.4, 0.5) is 0 Å². The van der Waals surface area contributed by atoms with Crippen LogP contribution in [0.1, 0.15) is 44.1 Å². The topological polar surface area (TPSA) is 33.1 Å². The summed E-state index contributed by atoms with van der Waals surface area (Å²) in [6.07, 6.45) is 1.31. The molecule has 1 atom stereocenters. The second-order valence-electron chi connectivity index (χ2n) is 7.29. The Labute approximate surface area is 123 Å². The molecule has 0 aromatic carbocycles. The highest BCUT2D eigenvalue weighted by Crippen LogP contribution is 2.21. The number of nitrogens with one attached hydrogen (secondary N) is 1. The molecule has 0 radical (unpaired) electrons. The Kier molecular flexibility index (Phi) is 4.55. The molecule has 4 heteroatoms. The van der Waals surface area contributed by atoms with Crippen LogP contribution in [0.15, 0.2) is 0 Å². The zero-order valence-corrected chi connectivity index (χ0v) is 14.0. The van der Waals surface area contributed by atoms with Gasteiger partial charge in [-0.1, -0.05) is 0 Å². The number of rotatable bonds is 4. The molecule has 0 bridgehead atoms. The summed E-state index contributed by atoms with van der Waals surface area (Å²) in [5.41, 5.74) is 4.13. The Morgan fingerprint density at radius 3 is 2.55 bits per heavy atom. The van der Waals surface area contributed by atoms with Crippen molar-refractivity contribution in [2.24, 2.45) is 13.0 Å². The first-order valence-corrected chi connectivity index (χ1v) is 7.72. The van der Waals surface area contributed by atoms with Crippen molar-refractivity contribution < 1.29 is 0 Å². The summed E-state index contributed by atoms with van der Waals surface area (Å²) >= 11 is 0. The molecule has 1 aromatic heterocycles. The van der Waals surface area contributed by atoms with Crippen LogP contribution >= 0.6 is 0 Å². The third-order valence-electron chi connectivity index (χ3n) is 4.33. The SMILES string of the molecule is Cc1nn(C)c(C)c1CN1CCC(CNC(C)(C)C)C1. The summed E-state index contributed by atoms with van der Waals surface area (Å²) in [4.78, 5) is 2.58. The second-order valence-corrected chi connectivity index (χ2v) is 7.29. The van der Waals surface area contributed by atoms with Crippen LogP contribution in [0.25, 0.3) is 0 Å². The lowest BCUT2D eigenvalue weighted by Gasteiger charge is -2.23. The van der Waals surface area contributed by atoms with E-state index in [0.29, 0.717) is 0 Å². The van der Waals surface area contributed by atoms with E-state index in [1.807, 2.05) is 11.7 Å². The molecule has 1 N–H and O–H groups in total. The highest BCUT2D eigenvalue weighted by molar-refractivity contribution is 5.24. The molecule has 4 nitrogen and oxygen atoms in total. The molecule has 2 rings (SSSR count). The quantitative estimate of drug-likeness (QED) is 0.917. The van der Waals surface area contributed by atoms with Gasteiger partial charge in [0.15, 0.2) is 0 Å². The van der Waals surface area contributed by atoms with Crippen molar-refractivity contribution in [3.63, 3.8) is 0 Å². The number of nitrogens with zero attached hydrogens (tertiary/aromatic N) is 3. The fraction of sp³-hybridized carbons (Fsp3) is 0.812. The van der Waals surface area contributed by atoms with Gasteiger partial charge >= 0.3 is 0 Å². The van der Waals surface area contributed by atoms with Gasteiger partial charge in [0.1, 0.15) is 0 Å². The van der Waals surface area contributed by atoms with Crippen molar-refractivity contribution in [3.8, 4) is 0 Å². The average molecular weight is 278 g/mol. The Morgan fingerprint density at radius 1 is 1.30 bits per heavy atom. The largest absolute Gasteiger partial charge is 0.312 e. The average Bonchev–Trinajstić information content (AvgIpc) is 2.87. The van der Waals surface area contributed by atoms with E-state index in [0.717, 1.165) is 19.0 Å². The minimum absolute atomic E-state index is 0.226. The fourth-order valence-corrected chi connectivity index (χ4v) is 2.94. The molecule has 20 heavy (non-hydrogen) atoms. The lowest BCUT2D eigenvalue weighted by atomic mass is 10.1.